The third kappa shape index (κ3) is 0.991. The third-order valence-corrected chi connectivity index (χ3v) is 1.53. The van der Waals surface area contributed by atoms with E-state index in [4.69, 9.17) is 5.11 Å². The summed E-state index contributed by atoms with van der Waals surface area (Å²) in [5, 5.41) is 8.73. The van der Waals surface area contributed by atoms with Crippen LogP contribution in [0.1, 0.15) is 5.82 Å². The standard InChI is InChI=1S/C8H7N2O/c11-5-8-9-6-3-1-2-4-7(6)10-8/h1,3-4,11H,5H2,(H,9,10). The molecule has 0 spiro atoms. The number of aromatic amines is 1. The molecule has 0 aliphatic heterocycles. The van der Waals surface area contributed by atoms with Crippen molar-refractivity contribution in [1.82, 2.24) is 9.97 Å². The maximum absolute atomic E-state index is 8.73. The molecule has 11 heavy (non-hydrogen) atoms. The molecule has 0 atom stereocenters. The Morgan fingerprint density at radius 2 is 2.55 bits per heavy atom. The van der Waals surface area contributed by atoms with Gasteiger partial charge in [0.1, 0.15) is 12.4 Å². The maximum Gasteiger partial charge on any atom is 0.133 e. The quantitative estimate of drug-likeness (QED) is 0.628. The first-order valence-electron chi connectivity index (χ1n) is 3.36. The Bertz CT molecular complexity index is 334. The lowest BCUT2D eigenvalue weighted by Gasteiger charge is -1.81. The Morgan fingerprint density at radius 1 is 1.64 bits per heavy atom. The van der Waals surface area contributed by atoms with Gasteiger partial charge in [-0.15, -0.1) is 0 Å². The van der Waals surface area contributed by atoms with Crippen molar-refractivity contribution in [3.8, 4) is 0 Å². The van der Waals surface area contributed by atoms with Crippen LogP contribution < -0.4 is 0 Å². The monoisotopic (exact) mass is 147 g/mol. The molecule has 1 heterocycles. The zero-order valence-electron chi connectivity index (χ0n) is 5.83. The fraction of sp³-hybridized carbons (Fsp3) is 0.125. The molecule has 0 saturated carbocycles. The SMILES string of the molecule is OCc1nc2cc[c]cc2[nH]1. The summed E-state index contributed by atoms with van der Waals surface area (Å²) in [6.45, 7) is -0.0469. The summed E-state index contributed by atoms with van der Waals surface area (Å²) in [6.07, 6.45) is 0. The van der Waals surface area contributed by atoms with E-state index in [1.54, 1.807) is 6.07 Å². The van der Waals surface area contributed by atoms with Crippen molar-refractivity contribution in [3.63, 3.8) is 0 Å². The van der Waals surface area contributed by atoms with Crippen molar-refractivity contribution in [1.29, 1.82) is 0 Å². The van der Waals surface area contributed by atoms with E-state index in [1.807, 2.05) is 12.1 Å². The van der Waals surface area contributed by atoms with E-state index in [0.717, 1.165) is 11.0 Å². The fourth-order valence-electron chi connectivity index (χ4n) is 1.02. The summed E-state index contributed by atoms with van der Waals surface area (Å²) in [7, 11) is 0. The zero-order chi connectivity index (χ0) is 7.68. The summed E-state index contributed by atoms with van der Waals surface area (Å²) in [6, 6.07) is 8.38. The Labute approximate surface area is 63.7 Å². The maximum atomic E-state index is 8.73. The molecule has 2 rings (SSSR count). The molecule has 0 amide bonds. The van der Waals surface area contributed by atoms with Gasteiger partial charge in [-0.1, -0.05) is 6.07 Å². The molecule has 1 radical (unpaired) electrons. The van der Waals surface area contributed by atoms with Gasteiger partial charge in [0.15, 0.2) is 0 Å². The number of hydrogen-bond acceptors (Lipinski definition) is 2. The van der Waals surface area contributed by atoms with Gasteiger partial charge < -0.3 is 10.1 Å². The Balaban J connectivity index is 2.69. The van der Waals surface area contributed by atoms with Gasteiger partial charge in [-0.25, -0.2) is 4.98 Å². The van der Waals surface area contributed by atoms with E-state index in [2.05, 4.69) is 16.0 Å². The second-order valence-corrected chi connectivity index (χ2v) is 2.28. The van der Waals surface area contributed by atoms with Crippen molar-refractivity contribution in [3.05, 3.63) is 30.1 Å². The highest BCUT2D eigenvalue weighted by Crippen LogP contribution is 2.09. The summed E-state index contributed by atoms with van der Waals surface area (Å²) in [5.74, 6) is 0.597. The number of aliphatic hydroxyl groups is 1. The topological polar surface area (TPSA) is 48.9 Å². The van der Waals surface area contributed by atoms with Gasteiger partial charge in [-0.2, -0.15) is 0 Å². The van der Waals surface area contributed by atoms with Crippen molar-refractivity contribution in [2.45, 2.75) is 6.61 Å². The van der Waals surface area contributed by atoms with Crippen LogP contribution in [0.15, 0.2) is 18.2 Å². The molecule has 3 nitrogen and oxygen atoms in total. The normalized spacial score (nSPS) is 10.6. The molecule has 0 saturated heterocycles. The number of benzene rings is 1. The van der Waals surface area contributed by atoms with Crippen LogP contribution in [0.25, 0.3) is 11.0 Å². The van der Waals surface area contributed by atoms with Crippen LogP contribution in [0.5, 0.6) is 0 Å². The number of fused-ring (bicyclic) bond motifs is 1. The van der Waals surface area contributed by atoms with E-state index < -0.39 is 0 Å². The number of H-pyrrole nitrogens is 1. The molecular formula is C8H7N2O. The predicted molar refractivity (Wildman–Crippen MR) is 40.9 cm³/mol. The second kappa shape index (κ2) is 2.36. The van der Waals surface area contributed by atoms with Crippen molar-refractivity contribution in [2.24, 2.45) is 0 Å². The Hall–Kier alpha value is -1.35. The van der Waals surface area contributed by atoms with Crippen LogP contribution >= 0.6 is 0 Å². The largest absolute Gasteiger partial charge is 0.388 e. The first kappa shape index (κ1) is 6.37. The number of aromatic nitrogens is 2. The van der Waals surface area contributed by atoms with Crippen LogP contribution in [-0.2, 0) is 6.61 Å². The zero-order valence-corrected chi connectivity index (χ0v) is 5.83. The van der Waals surface area contributed by atoms with Gasteiger partial charge in [0, 0.05) is 0 Å². The van der Waals surface area contributed by atoms with Gasteiger partial charge >= 0.3 is 0 Å². The van der Waals surface area contributed by atoms with Gasteiger partial charge in [0.2, 0.25) is 0 Å². The minimum absolute atomic E-state index is 0.0469. The average molecular weight is 147 g/mol. The van der Waals surface area contributed by atoms with E-state index in [1.165, 1.54) is 0 Å². The first-order valence-corrected chi connectivity index (χ1v) is 3.36. The molecule has 0 bridgehead atoms. The summed E-state index contributed by atoms with van der Waals surface area (Å²) >= 11 is 0. The van der Waals surface area contributed by atoms with Gasteiger partial charge in [-0.3, -0.25) is 0 Å². The lowest BCUT2D eigenvalue weighted by atomic mass is 10.3. The average Bonchev–Trinajstić information content (AvgIpc) is 2.46. The minimum atomic E-state index is -0.0469. The summed E-state index contributed by atoms with van der Waals surface area (Å²) < 4.78 is 0. The molecule has 0 fully saturated rings. The number of rotatable bonds is 1. The van der Waals surface area contributed by atoms with Gasteiger partial charge in [0.05, 0.1) is 11.0 Å². The molecule has 2 N–H and O–H groups in total. The van der Waals surface area contributed by atoms with Crippen LogP contribution in [-0.4, -0.2) is 15.1 Å². The van der Waals surface area contributed by atoms with Crippen LogP contribution in [0.3, 0.4) is 0 Å². The first-order chi connectivity index (χ1) is 5.40. The third-order valence-electron chi connectivity index (χ3n) is 1.53. The molecule has 2 aromatic rings. The summed E-state index contributed by atoms with van der Waals surface area (Å²) in [5.41, 5.74) is 1.78. The van der Waals surface area contributed by atoms with Crippen molar-refractivity contribution >= 4 is 11.0 Å². The van der Waals surface area contributed by atoms with Crippen molar-refractivity contribution in [2.75, 3.05) is 0 Å². The molecular weight excluding hydrogens is 140 g/mol. The van der Waals surface area contributed by atoms with Crippen molar-refractivity contribution < 1.29 is 5.11 Å². The van der Waals surface area contributed by atoms with Gasteiger partial charge in [0.25, 0.3) is 0 Å². The van der Waals surface area contributed by atoms with E-state index in [-0.39, 0.29) is 6.61 Å². The highest BCUT2D eigenvalue weighted by molar-refractivity contribution is 5.74. The highest BCUT2D eigenvalue weighted by Gasteiger charge is 1.98. The fourth-order valence-corrected chi connectivity index (χ4v) is 1.02. The number of aliphatic hydroxyl groups excluding tert-OH is 1. The van der Waals surface area contributed by atoms with Crippen LogP contribution in [0.2, 0.25) is 0 Å². The smallest absolute Gasteiger partial charge is 0.133 e. The molecule has 3 heteroatoms. The second-order valence-electron chi connectivity index (χ2n) is 2.28. The van der Waals surface area contributed by atoms with E-state index >= 15 is 0 Å². The Kier molecular flexibility index (Phi) is 1.36. The molecule has 0 unspecified atom stereocenters. The van der Waals surface area contributed by atoms with E-state index in [0.29, 0.717) is 5.82 Å². The molecule has 1 aromatic carbocycles. The molecule has 0 aliphatic rings. The lowest BCUT2D eigenvalue weighted by molar-refractivity contribution is 0.273. The molecule has 0 aliphatic carbocycles. The number of nitrogens with zero attached hydrogens (tertiary/aromatic N) is 1. The van der Waals surface area contributed by atoms with Crippen LogP contribution in [0.4, 0.5) is 0 Å². The van der Waals surface area contributed by atoms with Crippen LogP contribution in [0, 0.1) is 6.07 Å². The van der Waals surface area contributed by atoms with E-state index in [9.17, 15) is 0 Å². The number of hydrogen-bond donors (Lipinski definition) is 2. The van der Waals surface area contributed by atoms with Gasteiger partial charge in [-0.05, 0) is 18.2 Å². The molecule has 1 aromatic heterocycles. The predicted octanol–water partition coefficient (Wildman–Crippen LogP) is 0.855. The highest BCUT2D eigenvalue weighted by atomic mass is 16.3. The molecule has 55 valence electrons. The Morgan fingerprint density at radius 3 is 3.27 bits per heavy atom. The minimum Gasteiger partial charge on any atom is -0.388 e. The number of imidazole rings is 1. The summed E-state index contributed by atoms with van der Waals surface area (Å²) in [4.78, 5) is 7.06. The lowest BCUT2D eigenvalue weighted by Crippen LogP contribution is -1.83. The number of nitrogens with one attached hydrogen (secondary N) is 1.